The maximum atomic E-state index is 13.0. The molecule has 2 saturated heterocycles. The molecule has 2 aliphatic rings. The topological polar surface area (TPSA) is 94.8 Å². The molecule has 0 radical (unpaired) electrons. The van der Waals surface area contributed by atoms with E-state index in [0.717, 1.165) is 78.8 Å². The minimum absolute atomic E-state index is 0.126. The first-order valence-corrected chi connectivity index (χ1v) is 14.4. The summed E-state index contributed by atoms with van der Waals surface area (Å²) in [5.74, 6) is 0.533. The van der Waals surface area contributed by atoms with Gasteiger partial charge in [0.15, 0.2) is 11.3 Å². The highest BCUT2D eigenvalue weighted by molar-refractivity contribution is 6.00. The molecule has 10 heteroatoms. The van der Waals surface area contributed by atoms with E-state index in [1.807, 2.05) is 22.9 Å². The Kier molecular flexibility index (Phi) is 7.84. The van der Waals surface area contributed by atoms with Crippen LogP contribution < -0.4 is 9.80 Å². The Bertz CT molecular complexity index is 1520. The number of aromatic nitrogens is 4. The quantitative estimate of drug-likeness (QED) is 0.306. The summed E-state index contributed by atoms with van der Waals surface area (Å²) in [6, 6.07) is 14.3. The van der Waals surface area contributed by atoms with Crippen LogP contribution in [0, 0.1) is 0 Å². The van der Waals surface area contributed by atoms with Gasteiger partial charge in [0.25, 0.3) is 0 Å². The zero-order valence-electron chi connectivity index (χ0n) is 23.9. The van der Waals surface area contributed by atoms with Gasteiger partial charge in [-0.05, 0) is 48.2 Å². The summed E-state index contributed by atoms with van der Waals surface area (Å²) in [6.07, 6.45) is 1.79. The van der Waals surface area contributed by atoms with Crippen molar-refractivity contribution in [1.82, 2.24) is 19.7 Å². The van der Waals surface area contributed by atoms with Crippen LogP contribution in [-0.2, 0) is 14.2 Å². The molecule has 0 amide bonds. The Morgan fingerprint density at radius 2 is 1.61 bits per heavy atom. The van der Waals surface area contributed by atoms with Gasteiger partial charge in [-0.15, -0.1) is 0 Å². The molecular weight excluding hydrogens is 520 g/mol. The molecule has 0 aliphatic carbocycles. The lowest BCUT2D eigenvalue weighted by molar-refractivity contribution is 0.0520. The molecule has 3 aromatic heterocycles. The van der Waals surface area contributed by atoms with Gasteiger partial charge in [-0.3, -0.25) is 0 Å². The first-order chi connectivity index (χ1) is 20.0. The third-order valence-electron chi connectivity index (χ3n) is 7.56. The highest BCUT2D eigenvalue weighted by Gasteiger charge is 2.24. The molecule has 6 rings (SSSR count). The van der Waals surface area contributed by atoms with E-state index in [-0.39, 0.29) is 18.2 Å². The Labute approximate surface area is 239 Å². The van der Waals surface area contributed by atoms with E-state index in [1.165, 1.54) is 0 Å². The summed E-state index contributed by atoms with van der Waals surface area (Å²) in [6.45, 7) is 12.4. The smallest absolute Gasteiger partial charge is 0.357 e. The van der Waals surface area contributed by atoms with Crippen LogP contribution >= 0.6 is 0 Å². The van der Waals surface area contributed by atoms with Crippen molar-refractivity contribution in [3.8, 4) is 16.8 Å². The lowest BCUT2D eigenvalue weighted by atomic mass is 9.97. The number of anilines is 2. The van der Waals surface area contributed by atoms with Gasteiger partial charge in [0.2, 0.25) is 0 Å². The number of ether oxygens (including phenoxy) is 3. The van der Waals surface area contributed by atoms with Crippen molar-refractivity contribution in [1.29, 1.82) is 0 Å². The van der Waals surface area contributed by atoms with Crippen molar-refractivity contribution in [2.45, 2.75) is 26.7 Å². The molecule has 5 heterocycles. The fourth-order valence-corrected chi connectivity index (χ4v) is 5.44. The molecule has 2 aliphatic heterocycles. The van der Waals surface area contributed by atoms with Crippen LogP contribution in [0.15, 0.2) is 48.7 Å². The van der Waals surface area contributed by atoms with Gasteiger partial charge in [0.1, 0.15) is 5.82 Å². The van der Waals surface area contributed by atoms with Gasteiger partial charge in [-0.1, -0.05) is 26.0 Å². The highest BCUT2D eigenvalue weighted by atomic mass is 16.5. The molecule has 214 valence electrons. The molecular formula is C31H36N6O4. The van der Waals surface area contributed by atoms with Crippen LogP contribution in [0.5, 0.6) is 0 Å². The second-order valence-corrected chi connectivity index (χ2v) is 10.5. The number of carbonyl (C=O) groups excluding carboxylic acids is 1. The van der Waals surface area contributed by atoms with Crippen LogP contribution in [0.25, 0.3) is 27.8 Å². The summed E-state index contributed by atoms with van der Waals surface area (Å²) in [5, 5.41) is 6.01. The van der Waals surface area contributed by atoms with E-state index in [2.05, 4.69) is 52.9 Å². The summed E-state index contributed by atoms with van der Waals surface area (Å²) < 4.78 is 18.3. The molecule has 4 aromatic rings. The zero-order valence-corrected chi connectivity index (χ0v) is 23.9. The average molecular weight is 557 g/mol. The molecule has 0 unspecified atom stereocenters. The number of rotatable bonds is 7. The number of pyridine rings is 2. The van der Waals surface area contributed by atoms with Crippen LogP contribution in [-0.4, -0.2) is 84.9 Å². The van der Waals surface area contributed by atoms with Crippen LogP contribution in [0.2, 0.25) is 0 Å². The van der Waals surface area contributed by atoms with Crippen molar-refractivity contribution < 1.29 is 19.0 Å². The Morgan fingerprint density at radius 3 is 2.27 bits per heavy atom. The number of esters is 1. The monoisotopic (exact) mass is 556 g/mol. The van der Waals surface area contributed by atoms with Crippen molar-refractivity contribution in [2.24, 2.45) is 0 Å². The van der Waals surface area contributed by atoms with E-state index >= 15 is 0 Å². The summed E-state index contributed by atoms with van der Waals surface area (Å²) in [4.78, 5) is 27.0. The fourth-order valence-electron chi connectivity index (χ4n) is 5.44. The largest absolute Gasteiger partial charge is 0.461 e. The highest BCUT2D eigenvalue weighted by Crippen LogP contribution is 2.36. The molecule has 0 spiro atoms. The SMILES string of the molecule is CCOC(=O)c1cc(-c2ccc(N3CCOCC3)cc2)c2c(C(C)C)nn(-c3ccnc(N4CCOCC4)c3)c2n1. The van der Waals surface area contributed by atoms with E-state index in [1.54, 1.807) is 13.1 Å². The van der Waals surface area contributed by atoms with Gasteiger partial charge < -0.3 is 24.0 Å². The number of morpholine rings is 2. The number of carbonyl (C=O) groups is 1. The predicted octanol–water partition coefficient (Wildman–Crippen LogP) is 4.46. The van der Waals surface area contributed by atoms with E-state index < -0.39 is 5.97 Å². The second-order valence-electron chi connectivity index (χ2n) is 10.5. The molecule has 10 nitrogen and oxygen atoms in total. The number of hydrogen-bond acceptors (Lipinski definition) is 9. The third-order valence-corrected chi connectivity index (χ3v) is 7.56. The Morgan fingerprint density at radius 1 is 0.927 bits per heavy atom. The minimum Gasteiger partial charge on any atom is -0.461 e. The third kappa shape index (κ3) is 5.49. The van der Waals surface area contributed by atoms with Crippen molar-refractivity contribution in [3.63, 3.8) is 0 Å². The van der Waals surface area contributed by atoms with E-state index in [4.69, 9.17) is 24.3 Å². The number of fused-ring (bicyclic) bond motifs is 1. The molecule has 41 heavy (non-hydrogen) atoms. The van der Waals surface area contributed by atoms with Crippen LogP contribution in [0.3, 0.4) is 0 Å². The first kappa shape index (κ1) is 27.2. The summed E-state index contributed by atoms with van der Waals surface area (Å²) in [5.41, 5.74) is 5.67. The van der Waals surface area contributed by atoms with Crippen molar-refractivity contribution in [2.75, 3.05) is 69.0 Å². The van der Waals surface area contributed by atoms with Gasteiger partial charge in [0, 0.05) is 44.1 Å². The molecule has 2 fully saturated rings. The average Bonchev–Trinajstić information content (AvgIpc) is 3.42. The Balaban J connectivity index is 1.50. The molecule has 1 aromatic carbocycles. The normalized spacial score (nSPS) is 16.0. The maximum Gasteiger partial charge on any atom is 0.357 e. The molecule has 0 atom stereocenters. The lowest BCUT2D eigenvalue weighted by Gasteiger charge is -2.29. The van der Waals surface area contributed by atoms with E-state index in [9.17, 15) is 4.79 Å². The van der Waals surface area contributed by atoms with Gasteiger partial charge >= 0.3 is 5.97 Å². The fraction of sp³-hybridized carbons (Fsp3) is 0.419. The minimum atomic E-state index is -0.455. The molecule has 0 saturated carbocycles. The lowest BCUT2D eigenvalue weighted by Crippen LogP contribution is -2.36. The summed E-state index contributed by atoms with van der Waals surface area (Å²) >= 11 is 0. The number of hydrogen-bond donors (Lipinski definition) is 0. The Hall–Kier alpha value is -4.02. The van der Waals surface area contributed by atoms with Crippen molar-refractivity contribution >= 4 is 28.5 Å². The zero-order chi connectivity index (χ0) is 28.3. The summed E-state index contributed by atoms with van der Waals surface area (Å²) in [7, 11) is 0. The first-order valence-electron chi connectivity index (χ1n) is 14.4. The van der Waals surface area contributed by atoms with E-state index in [0.29, 0.717) is 18.9 Å². The number of benzene rings is 1. The molecule has 0 N–H and O–H groups in total. The predicted molar refractivity (Wildman–Crippen MR) is 158 cm³/mol. The second kappa shape index (κ2) is 11.8. The van der Waals surface area contributed by atoms with Crippen LogP contribution in [0.4, 0.5) is 11.5 Å². The maximum absolute atomic E-state index is 13.0. The molecule has 0 bridgehead atoms. The van der Waals surface area contributed by atoms with Gasteiger partial charge in [-0.25, -0.2) is 19.4 Å². The standard InChI is InChI=1S/C31H36N6O4/c1-4-41-31(38)26-20-25(22-5-7-23(8-6-22)35-11-15-39-16-12-35)28-29(21(2)3)34-37(30(28)33-26)24-9-10-32-27(19-24)36-13-17-40-18-14-36/h5-10,19-21H,4,11-18H2,1-3H3. The van der Waals surface area contributed by atoms with Gasteiger partial charge in [0.05, 0.1) is 49.8 Å². The van der Waals surface area contributed by atoms with Gasteiger partial charge in [-0.2, -0.15) is 5.10 Å². The number of nitrogens with zero attached hydrogens (tertiary/aromatic N) is 6. The van der Waals surface area contributed by atoms with Crippen molar-refractivity contribution in [3.05, 3.63) is 60.0 Å². The van der Waals surface area contributed by atoms with Crippen LogP contribution in [0.1, 0.15) is 42.9 Å².